The molecule has 0 spiro atoms. The highest BCUT2D eigenvalue weighted by Gasteiger charge is 2.22. The van der Waals surface area contributed by atoms with E-state index in [2.05, 4.69) is 163 Å². The molecule has 1 aliphatic rings. The van der Waals surface area contributed by atoms with Crippen LogP contribution in [0.4, 0.5) is 0 Å². The zero-order chi connectivity index (χ0) is 38.2. The molecule has 8 aromatic rings. The molecule has 1 aliphatic heterocycles. The molecule has 0 aliphatic carbocycles. The first-order valence-corrected chi connectivity index (χ1v) is 19.9. The number of imidazole rings is 4. The number of rotatable bonds is 8. The molecule has 0 radical (unpaired) electrons. The zero-order valence-electron chi connectivity index (χ0n) is 33.1. The maximum absolute atomic E-state index is 5.11. The summed E-state index contributed by atoms with van der Waals surface area (Å²) >= 11 is 0. The summed E-state index contributed by atoms with van der Waals surface area (Å²) in [5.41, 5.74) is 8.88. The number of aryl methyl sites for hydroxylation is 4. The molecule has 1 fully saturated rings. The molecule has 288 valence electrons. The van der Waals surface area contributed by atoms with Crippen molar-refractivity contribution in [3.63, 3.8) is 0 Å². The minimum Gasteiger partial charge on any atom is -0.330 e. The molecule has 5 heterocycles. The van der Waals surface area contributed by atoms with Gasteiger partial charge >= 0.3 is 0 Å². The van der Waals surface area contributed by atoms with Gasteiger partial charge in [-0.2, -0.15) is 0 Å². The van der Waals surface area contributed by atoms with Gasteiger partial charge in [0.05, 0.1) is 70.3 Å². The van der Waals surface area contributed by atoms with E-state index in [-0.39, 0.29) is 0 Å². The molecule has 0 saturated carbocycles. The van der Waals surface area contributed by atoms with Crippen molar-refractivity contribution in [3.05, 3.63) is 120 Å². The molecule has 4 aromatic heterocycles. The third-order valence-corrected chi connectivity index (χ3v) is 11.9. The zero-order valence-corrected chi connectivity index (χ0v) is 33.1. The van der Waals surface area contributed by atoms with Gasteiger partial charge < -0.3 is 18.3 Å². The van der Waals surface area contributed by atoms with E-state index in [4.69, 9.17) is 19.9 Å². The van der Waals surface area contributed by atoms with Crippen molar-refractivity contribution in [2.24, 2.45) is 28.2 Å². The molecule has 9 rings (SSSR count). The van der Waals surface area contributed by atoms with Crippen LogP contribution in [-0.2, 0) is 54.4 Å². The summed E-state index contributed by atoms with van der Waals surface area (Å²) in [5.74, 6) is 4.37. The molecule has 12 heteroatoms. The average molecular weight is 749 g/mol. The first-order valence-electron chi connectivity index (χ1n) is 19.9. The molecule has 1 saturated heterocycles. The third-order valence-electron chi connectivity index (χ3n) is 11.9. The smallest absolute Gasteiger partial charge is 0.123 e. The molecule has 0 unspecified atom stereocenters. The van der Waals surface area contributed by atoms with E-state index in [0.717, 1.165) is 124 Å². The van der Waals surface area contributed by atoms with Crippen molar-refractivity contribution in [3.8, 4) is 0 Å². The van der Waals surface area contributed by atoms with Crippen molar-refractivity contribution < 1.29 is 0 Å². The van der Waals surface area contributed by atoms with E-state index < -0.39 is 0 Å². The summed E-state index contributed by atoms with van der Waals surface area (Å²) in [6.45, 7) is 10.4. The van der Waals surface area contributed by atoms with Crippen LogP contribution in [-0.4, -0.2) is 110 Å². The number of fused-ring (bicyclic) bond motifs is 4. The maximum Gasteiger partial charge on any atom is 0.123 e. The number of benzene rings is 4. The molecule has 0 bridgehead atoms. The van der Waals surface area contributed by atoms with Crippen LogP contribution in [0.1, 0.15) is 23.3 Å². The third kappa shape index (κ3) is 7.33. The van der Waals surface area contributed by atoms with Crippen LogP contribution in [0.5, 0.6) is 0 Å². The molecule has 56 heavy (non-hydrogen) atoms. The lowest BCUT2D eigenvalue weighted by Crippen LogP contribution is -2.45. The molecule has 12 nitrogen and oxygen atoms in total. The fraction of sp³-hybridized carbons (Fsp3) is 0.364. The van der Waals surface area contributed by atoms with E-state index in [1.807, 2.05) is 0 Å². The van der Waals surface area contributed by atoms with Crippen molar-refractivity contribution >= 4 is 44.1 Å². The number of hydrogen-bond acceptors (Lipinski definition) is 8. The molecular weight excluding hydrogens is 697 g/mol. The Morgan fingerprint density at radius 2 is 0.518 bits per heavy atom. The van der Waals surface area contributed by atoms with Gasteiger partial charge in [0.25, 0.3) is 0 Å². The summed E-state index contributed by atoms with van der Waals surface area (Å²) in [6.07, 6.45) is 0. The highest BCUT2D eigenvalue weighted by atomic mass is 15.3. The second-order valence-corrected chi connectivity index (χ2v) is 15.4. The van der Waals surface area contributed by atoms with Crippen molar-refractivity contribution in [1.29, 1.82) is 0 Å². The van der Waals surface area contributed by atoms with Gasteiger partial charge in [-0.3, -0.25) is 19.6 Å². The highest BCUT2D eigenvalue weighted by Crippen LogP contribution is 2.21. The number of nitrogens with zero attached hydrogens (tertiary/aromatic N) is 12. The van der Waals surface area contributed by atoms with E-state index in [1.54, 1.807) is 0 Å². The Morgan fingerprint density at radius 1 is 0.321 bits per heavy atom. The molecule has 0 N–H and O–H groups in total. The average Bonchev–Trinajstić information content (AvgIpc) is 3.92. The fourth-order valence-corrected chi connectivity index (χ4v) is 8.36. The molecule has 4 aromatic carbocycles. The summed E-state index contributed by atoms with van der Waals surface area (Å²) < 4.78 is 9.05. The van der Waals surface area contributed by atoms with Crippen LogP contribution < -0.4 is 0 Å². The number of para-hydroxylation sites is 8. The first-order chi connectivity index (χ1) is 27.4. The standard InChI is InChI=1S/C44H52N12/c1-49-37-17-9-5-13-33(37)45-41(49)29-53-21-23-54(30-42-46-34-14-6-10-18-38(34)50(42)2)25-27-56(32-44-48-36-16-8-12-20-40(36)52(44)4)28-26-55(24-22-53)31-43-47-35-15-7-11-19-39(35)51(43)3/h5-20H,21-32H2,1-4H3. The summed E-state index contributed by atoms with van der Waals surface area (Å²) in [4.78, 5) is 30.8. The summed E-state index contributed by atoms with van der Waals surface area (Å²) in [7, 11) is 8.60. The second-order valence-electron chi connectivity index (χ2n) is 15.4. The minimum absolute atomic E-state index is 0.782. The van der Waals surface area contributed by atoms with Crippen LogP contribution in [0.25, 0.3) is 44.1 Å². The fourth-order valence-electron chi connectivity index (χ4n) is 8.36. The normalized spacial score (nSPS) is 16.4. The Labute approximate surface area is 328 Å². The van der Waals surface area contributed by atoms with Crippen LogP contribution in [0.15, 0.2) is 97.1 Å². The molecular formula is C44H52N12. The minimum atomic E-state index is 0.782. The van der Waals surface area contributed by atoms with Gasteiger partial charge in [0, 0.05) is 80.5 Å². The lowest BCUT2D eigenvalue weighted by molar-refractivity contribution is 0.116. The van der Waals surface area contributed by atoms with Crippen LogP contribution in [0.2, 0.25) is 0 Å². The molecule has 0 amide bonds. The lowest BCUT2D eigenvalue weighted by atomic mass is 10.3. The first kappa shape index (κ1) is 36.3. The van der Waals surface area contributed by atoms with Crippen LogP contribution in [0, 0.1) is 0 Å². The number of aromatic nitrogens is 8. The van der Waals surface area contributed by atoms with Crippen molar-refractivity contribution in [2.45, 2.75) is 26.2 Å². The summed E-state index contributed by atoms with van der Waals surface area (Å²) in [5, 5.41) is 0. The Morgan fingerprint density at radius 3 is 0.714 bits per heavy atom. The van der Waals surface area contributed by atoms with E-state index in [1.165, 1.54) is 22.1 Å². The van der Waals surface area contributed by atoms with Crippen molar-refractivity contribution in [2.75, 3.05) is 52.4 Å². The van der Waals surface area contributed by atoms with E-state index in [9.17, 15) is 0 Å². The largest absolute Gasteiger partial charge is 0.330 e. The van der Waals surface area contributed by atoms with Gasteiger partial charge in [-0.05, 0) is 48.5 Å². The van der Waals surface area contributed by atoms with Gasteiger partial charge in [-0.1, -0.05) is 48.5 Å². The predicted molar refractivity (Wildman–Crippen MR) is 224 cm³/mol. The summed E-state index contributed by atoms with van der Waals surface area (Å²) in [6, 6.07) is 33.8. The Hall–Kier alpha value is -5.40. The topological polar surface area (TPSA) is 84.2 Å². The van der Waals surface area contributed by atoms with Gasteiger partial charge in [0.1, 0.15) is 23.3 Å². The maximum atomic E-state index is 5.11. The van der Waals surface area contributed by atoms with Gasteiger partial charge in [0.2, 0.25) is 0 Å². The second kappa shape index (κ2) is 15.6. The van der Waals surface area contributed by atoms with Gasteiger partial charge in [-0.15, -0.1) is 0 Å². The Bertz CT molecular complexity index is 2230. The van der Waals surface area contributed by atoms with Crippen LogP contribution >= 0.6 is 0 Å². The van der Waals surface area contributed by atoms with E-state index >= 15 is 0 Å². The van der Waals surface area contributed by atoms with Crippen molar-refractivity contribution in [1.82, 2.24) is 57.8 Å². The molecule has 0 atom stereocenters. The SMILES string of the molecule is Cn1c(CN2CCN(Cc3nc4ccccc4n3C)CCN(Cc3nc4ccccc4n3C)CCN(Cc3nc4ccccc4n3C)CC2)nc2ccccc21. The highest BCUT2D eigenvalue weighted by molar-refractivity contribution is 5.77. The Balaban J connectivity index is 1.03. The van der Waals surface area contributed by atoms with Gasteiger partial charge in [-0.25, -0.2) is 19.9 Å². The lowest BCUT2D eigenvalue weighted by Gasteiger charge is -2.34. The van der Waals surface area contributed by atoms with Crippen LogP contribution in [0.3, 0.4) is 0 Å². The van der Waals surface area contributed by atoms with E-state index in [0.29, 0.717) is 0 Å². The number of hydrogen-bond donors (Lipinski definition) is 0. The Kier molecular flexibility index (Phi) is 10.1. The predicted octanol–water partition coefficient (Wildman–Crippen LogP) is 5.56. The monoisotopic (exact) mass is 748 g/mol. The van der Waals surface area contributed by atoms with Gasteiger partial charge in [0.15, 0.2) is 0 Å². The quantitative estimate of drug-likeness (QED) is 0.200.